The second-order valence-corrected chi connectivity index (χ2v) is 6.88. The molecule has 3 rings (SSSR count). The number of rotatable bonds is 4. The van der Waals surface area contributed by atoms with Gasteiger partial charge in [0, 0.05) is 16.1 Å². The van der Waals surface area contributed by atoms with Crippen molar-refractivity contribution in [2.45, 2.75) is 4.90 Å². The Morgan fingerprint density at radius 3 is 2.70 bits per heavy atom. The molecule has 0 radical (unpaired) electrons. The van der Waals surface area contributed by atoms with Crippen LogP contribution in [0.5, 0.6) is 0 Å². The van der Waals surface area contributed by atoms with Crippen molar-refractivity contribution in [1.29, 1.82) is 0 Å². The van der Waals surface area contributed by atoms with Crippen molar-refractivity contribution in [3.05, 3.63) is 53.2 Å². The molecule has 118 valence electrons. The van der Waals surface area contributed by atoms with Gasteiger partial charge >= 0.3 is 0 Å². The highest BCUT2D eigenvalue weighted by Crippen LogP contribution is 2.23. The molecule has 1 amide bonds. The topological polar surface area (TPSA) is 118 Å². The van der Waals surface area contributed by atoms with E-state index in [1.54, 1.807) is 24.3 Å². The molecular weight excluding hydrogens is 340 g/mol. The largest absolute Gasteiger partial charge is 0.364 e. The molecule has 0 unspecified atom stereocenters. The third-order valence-corrected chi connectivity index (χ3v) is 4.77. The minimum atomic E-state index is -3.80. The Bertz CT molecular complexity index is 1010. The molecule has 23 heavy (non-hydrogen) atoms. The maximum absolute atomic E-state index is 12.4. The van der Waals surface area contributed by atoms with E-state index in [0.29, 0.717) is 15.9 Å². The van der Waals surface area contributed by atoms with Gasteiger partial charge < -0.3 is 5.73 Å². The lowest BCUT2D eigenvalue weighted by Crippen LogP contribution is -2.13. The Morgan fingerprint density at radius 2 is 2.00 bits per heavy atom. The molecule has 4 N–H and O–H groups in total. The summed E-state index contributed by atoms with van der Waals surface area (Å²) in [5.41, 5.74) is 6.13. The minimum absolute atomic E-state index is 0.0346. The summed E-state index contributed by atoms with van der Waals surface area (Å²) in [4.78, 5) is 11.4. The minimum Gasteiger partial charge on any atom is -0.364 e. The number of benzene rings is 2. The third kappa shape index (κ3) is 2.99. The summed E-state index contributed by atoms with van der Waals surface area (Å²) in [5, 5.41) is 7.21. The summed E-state index contributed by atoms with van der Waals surface area (Å²) in [6, 6.07) is 10.5. The van der Waals surface area contributed by atoms with E-state index in [9.17, 15) is 13.2 Å². The monoisotopic (exact) mass is 350 g/mol. The van der Waals surface area contributed by atoms with Crippen molar-refractivity contribution in [3.8, 4) is 0 Å². The highest BCUT2D eigenvalue weighted by molar-refractivity contribution is 7.92. The van der Waals surface area contributed by atoms with Gasteiger partial charge in [0.1, 0.15) is 0 Å². The van der Waals surface area contributed by atoms with Crippen molar-refractivity contribution >= 4 is 44.1 Å². The van der Waals surface area contributed by atoms with Crippen LogP contribution in [0, 0.1) is 0 Å². The van der Waals surface area contributed by atoms with Crippen molar-refractivity contribution in [2.24, 2.45) is 5.73 Å². The van der Waals surface area contributed by atoms with Crippen LogP contribution >= 0.6 is 11.6 Å². The van der Waals surface area contributed by atoms with Crippen LogP contribution in [-0.4, -0.2) is 24.5 Å². The summed E-state index contributed by atoms with van der Waals surface area (Å²) in [6.45, 7) is 0. The second kappa shape index (κ2) is 5.56. The van der Waals surface area contributed by atoms with E-state index in [2.05, 4.69) is 14.9 Å². The number of primary amides is 1. The van der Waals surface area contributed by atoms with Gasteiger partial charge in [0.25, 0.3) is 15.9 Å². The van der Waals surface area contributed by atoms with Gasteiger partial charge in [0.05, 0.1) is 10.4 Å². The number of H-pyrrole nitrogens is 1. The molecule has 0 aliphatic heterocycles. The van der Waals surface area contributed by atoms with E-state index in [0.717, 1.165) is 0 Å². The number of aromatic nitrogens is 2. The van der Waals surface area contributed by atoms with E-state index in [1.807, 2.05) is 0 Å². The Kier molecular flexibility index (Phi) is 3.70. The molecular formula is C14H11ClN4O3S. The number of aromatic amines is 1. The van der Waals surface area contributed by atoms with Gasteiger partial charge in [0.15, 0.2) is 5.69 Å². The number of fused-ring (bicyclic) bond motifs is 1. The molecule has 0 fully saturated rings. The van der Waals surface area contributed by atoms with E-state index in [-0.39, 0.29) is 16.3 Å². The normalized spacial score (nSPS) is 11.5. The van der Waals surface area contributed by atoms with Crippen LogP contribution < -0.4 is 10.5 Å². The molecule has 0 saturated carbocycles. The number of nitrogens with one attached hydrogen (secondary N) is 2. The Morgan fingerprint density at radius 1 is 1.22 bits per heavy atom. The Hall–Kier alpha value is -2.58. The lowest BCUT2D eigenvalue weighted by molar-refractivity contribution is 0.0997. The first-order valence-electron chi connectivity index (χ1n) is 6.43. The molecule has 2 aromatic carbocycles. The molecule has 0 saturated heterocycles. The van der Waals surface area contributed by atoms with Crippen LogP contribution in [0.3, 0.4) is 0 Å². The van der Waals surface area contributed by atoms with Gasteiger partial charge in [-0.3, -0.25) is 14.6 Å². The van der Waals surface area contributed by atoms with Crippen LogP contribution in [-0.2, 0) is 10.0 Å². The van der Waals surface area contributed by atoms with Gasteiger partial charge in [-0.05, 0) is 36.4 Å². The van der Waals surface area contributed by atoms with Crippen LogP contribution in [0.15, 0.2) is 47.4 Å². The number of hydrogen-bond donors (Lipinski definition) is 3. The van der Waals surface area contributed by atoms with E-state index in [1.165, 1.54) is 18.2 Å². The number of hydrogen-bond acceptors (Lipinski definition) is 4. The summed E-state index contributed by atoms with van der Waals surface area (Å²) < 4.78 is 27.2. The van der Waals surface area contributed by atoms with Gasteiger partial charge in [-0.15, -0.1) is 0 Å². The molecule has 0 aliphatic carbocycles. The lowest BCUT2D eigenvalue weighted by Gasteiger charge is -2.08. The number of sulfonamides is 1. The predicted octanol–water partition coefficient (Wildman–Crippen LogP) is 2.12. The maximum Gasteiger partial charge on any atom is 0.269 e. The predicted molar refractivity (Wildman–Crippen MR) is 86.9 cm³/mol. The maximum atomic E-state index is 12.4. The molecule has 0 aliphatic rings. The van der Waals surface area contributed by atoms with E-state index >= 15 is 0 Å². The first-order chi connectivity index (χ1) is 10.9. The van der Waals surface area contributed by atoms with Crippen molar-refractivity contribution in [3.63, 3.8) is 0 Å². The summed E-state index contributed by atoms with van der Waals surface area (Å²) in [5.74, 6) is -0.703. The fourth-order valence-corrected chi connectivity index (χ4v) is 3.46. The van der Waals surface area contributed by atoms with Crippen LogP contribution in [0.4, 0.5) is 5.69 Å². The lowest BCUT2D eigenvalue weighted by atomic mass is 10.2. The summed E-state index contributed by atoms with van der Waals surface area (Å²) >= 11 is 5.82. The van der Waals surface area contributed by atoms with Crippen LogP contribution in [0.1, 0.15) is 10.5 Å². The standard InChI is InChI=1S/C14H11ClN4O3S/c15-8-2-1-3-10(6-8)23(21,22)19-9-4-5-12-11(7-9)13(14(16)20)18-17-12/h1-7,19H,(H2,16,20)(H,17,18). The number of nitrogens with zero attached hydrogens (tertiary/aromatic N) is 1. The molecule has 0 bridgehead atoms. The average molecular weight is 351 g/mol. The first kappa shape index (κ1) is 15.3. The second-order valence-electron chi connectivity index (χ2n) is 4.76. The summed E-state index contributed by atoms with van der Waals surface area (Å²) in [6.07, 6.45) is 0. The molecule has 0 atom stereocenters. The number of carbonyl (C=O) groups excluding carboxylic acids is 1. The fraction of sp³-hybridized carbons (Fsp3) is 0. The Balaban J connectivity index is 2.01. The van der Waals surface area contributed by atoms with Crippen molar-refractivity contribution < 1.29 is 13.2 Å². The fourth-order valence-electron chi connectivity index (χ4n) is 2.11. The molecule has 9 heteroatoms. The van der Waals surface area contributed by atoms with Crippen molar-refractivity contribution in [1.82, 2.24) is 10.2 Å². The molecule has 7 nitrogen and oxygen atoms in total. The zero-order chi connectivity index (χ0) is 16.6. The van der Waals surface area contributed by atoms with Crippen LogP contribution in [0.25, 0.3) is 10.9 Å². The van der Waals surface area contributed by atoms with Gasteiger partial charge in [-0.2, -0.15) is 5.10 Å². The molecule has 0 spiro atoms. The molecule has 1 aromatic heterocycles. The highest BCUT2D eigenvalue weighted by atomic mass is 35.5. The number of nitrogens with two attached hydrogens (primary N) is 1. The number of carbonyl (C=O) groups is 1. The van der Waals surface area contributed by atoms with Crippen molar-refractivity contribution in [2.75, 3.05) is 4.72 Å². The van der Waals surface area contributed by atoms with Crippen LogP contribution in [0.2, 0.25) is 5.02 Å². The summed E-state index contributed by atoms with van der Waals surface area (Å²) in [7, 11) is -3.80. The zero-order valence-corrected chi connectivity index (χ0v) is 13.1. The SMILES string of the molecule is NC(=O)c1n[nH]c2ccc(NS(=O)(=O)c3cccc(Cl)c3)cc12. The van der Waals surface area contributed by atoms with Gasteiger partial charge in [0.2, 0.25) is 0 Å². The smallest absolute Gasteiger partial charge is 0.269 e. The quantitative estimate of drug-likeness (QED) is 0.667. The van der Waals surface area contributed by atoms with Gasteiger partial charge in [-0.25, -0.2) is 8.42 Å². The number of anilines is 1. The zero-order valence-electron chi connectivity index (χ0n) is 11.6. The molecule has 3 aromatic rings. The average Bonchev–Trinajstić information content (AvgIpc) is 2.90. The highest BCUT2D eigenvalue weighted by Gasteiger charge is 2.16. The first-order valence-corrected chi connectivity index (χ1v) is 8.29. The molecule has 1 heterocycles. The number of halogens is 1. The van der Waals surface area contributed by atoms with E-state index < -0.39 is 15.9 Å². The van der Waals surface area contributed by atoms with Gasteiger partial charge in [-0.1, -0.05) is 17.7 Å². The van der Waals surface area contributed by atoms with E-state index in [4.69, 9.17) is 17.3 Å². The Labute approximate surface area is 136 Å². The third-order valence-electron chi connectivity index (χ3n) is 3.15. The number of amides is 1.